The van der Waals surface area contributed by atoms with Gasteiger partial charge >= 0.3 is 6.61 Å². The molecule has 0 unspecified atom stereocenters. The third-order valence-corrected chi connectivity index (χ3v) is 8.89. The van der Waals surface area contributed by atoms with E-state index in [1.54, 1.807) is 12.1 Å². The summed E-state index contributed by atoms with van der Waals surface area (Å²) < 4.78 is 56.9. The minimum absolute atomic E-state index is 0.379. The molecule has 0 saturated carbocycles. The first-order valence-corrected chi connectivity index (χ1v) is 12.5. The lowest BCUT2D eigenvalue weighted by Crippen LogP contribution is -2.26. The van der Waals surface area contributed by atoms with Crippen molar-refractivity contribution in [1.29, 1.82) is 0 Å². The Bertz CT molecular complexity index is 1200. The highest BCUT2D eigenvalue weighted by atomic mass is 32.2. The summed E-state index contributed by atoms with van der Waals surface area (Å²) in [6.07, 6.45) is 3.72. The summed E-state index contributed by atoms with van der Waals surface area (Å²) in [7, 11) is -3.52. The molecule has 5 nitrogen and oxygen atoms in total. The topological polar surface area (TPSA) is 62.4 Å². The Labute approximate surface area is 186 Å². The Morgan fingerprint density at radius 2 is 1.84 bits per heavy atom. The van der Waals surface area contributed by atoms with Crippen LogP contribution in [0, 0.1) is 0 Å². The number of benzene rings is 2. The highest BCUT2D eigenvalue weighted by molar-refractivity contribution is 7.92. The van der Waals surface area contributed by atoms with Crippen molar-refractivity contribution in [2.45, 2.75) is 48.5 Å². The van der Waals surface area contributed by atoms with Gasteiger partial charge in [-0.2, -0.15) is 8.78 Å². The van der Waals surface area contributed by atoms with Gasteiger partial charge in [-0.25, -0.2) is 8.42 Å². The maximum Gasteiger partial charge on any atom is 0.345 e. The number of aromatic amines is 1. The fourth-order valence-corrected chi connectivity index (χ4v) is 7.06. The number of hydrogen-bond donors (Lipinski definition) is 1. The molecule has 0 amide bonds. The van der Waals surface area contributed by atoms with E-state index in [1.165, 1.54) is 0 Å². The number of halogens is 2. The molecule has 5 rings (SSSR count). The number of hydrogen-bond acceptors (Lipinski definition) is 4. The SMILES string of the molecule is O=S(=O)(c1cccc2[nH]cc(CCN3CC[C@H](OC(F)F)C3)c12)C1Cc2ccccc2C1. The van der Waals surface area contributed by atoms with Crippen LogP contribution in [0.2, 0.25) is 0 Å². The predicted molar refractivity (Wildman–Crippen MR) is 119 cm³/mol. The lowest BCUT2D eigenvalue weighted by molar-refractivity contribution is -0.158. The van der Waals surface area contributed by atoms with E-state index in [-0.39, 0.29) is 0 Å². The summed E-state index contributed by atoms with van der Waals surface area (Å²) in [5, 5.41) is 0.294. The van der Waals surface area contributed by atoms with Crippen molar-refractivity contribution in [3.05, 3.63) is 65.4 Å². The molecule has 8 heteroatoms. The van der Waals surface area contributed by atoms with Crippen LogP contribution in [0.5, 0.6) is 0 Å². The number of fused-ring (bicyclic) bond motifs is 2. The zero-order valence-corrected chi connectivity index (χ0v) is 18.5. The standard InChI is InChI=1S/C24H26F2N2O3S/c25-24(26)31-19-9-11-28(15-19)10-8-18-14-27-21-6-3-7-22(23(18)21)32(29,30)20-12-16-4-1-2-5-17(16)13-20/h1-7,14,19-20,24,27H,8-13,15H2/t19-/m0/s1. The molecule has 1 aliphatic heterocycles. The van der Waals surface area contributed by atoms with Crippen molar-refractivity contribution in [2.75, 3.05) is 19.6 Å². The van der Waals surface area contributed by atoms with E-state index < -0.39 is 27.8 Å². The van der Waals surface area contributed by atoms with E-state index in [4.69, 9.17) is 0 Å². The molecule has 170 valence electrons. The zero-order chi connectivity index (χ0) is 22.3. The second kappa shape index (κ2) is 8.57. The van der Waals surface area contributed by atoms with E-state index >= 15 is 0 Å². The van der Waals surface area contributed by atoms with Crippen LogP contribution in [0.1, 0.15) is 23.1 Å². The van der Waals surface area contributed by atoms with Crippen molar-refractivity contribution in [1.82, 2.24) is 9.88 Å². The van der Waals surface area contributed by atoms with Gasteiger partial charge in [0.2, 0.25) is 0 Å². The van der Waals surface area contributed by atoms with Gasteiger partial charge in [0, 0.05) is 36.7 Å². The number of H-pyrrole nitrogens is 1. The van der Waals surface area contributed by atoms with Crippen LogP contribution < -0.4 is 0 Å². The van der Waals surface area contributed by atoms with Crippen LogP contribution in [0.25, 0.3) is 10.9 Å². The molecule has 2 aromatic carbocycles. The molecule has 1 aromatic heterocycles. The van der Waals surface area contributed by atoms with Crippen LogP contribution >= 0.6 is 0 Å². The van der Waals surface area contributed by atoms with Crippen LogP contribution in [0.4, 0.5) is 8.78 Å². The Morgan fingerprint density at radius 1 is 1.09 bits per heavy atom. The molecule has 1 saturated heterocycles. The molecule has 32 heavy (non-hydrogen) atoms. The number of aromatic nitrogens is 1. The van der Waals surface area contributed by atoms with Gasteiger partial charge in [0.05, 0.1) is 16.2 Å². The number of rotatable bonds is 7. The van der Waals surface area contributed by atoms with Crippen molar-refractivity contribution >= 4 is 20.7 Å². The average molecular weight is 461 g/mol. The molecular formula is C24H26F2N2O3S. The summed E-state index contributed by atoms with van der Waals surface area (Å²) in [5.74, 6) is 0. The summed E-state index contributed by atoms with van der Waals surface area (Å²) in [5.41, 5.74) is 3.96. The summed E-state index contributed by atoms with van der Waals surface area (Å²) in [6.45, 7) is -0.911. The number of nitrogens with zero attached hydrogens (tertiary/aromatic N) is 1. The van der Waals surface area contributed by atoms with Crippen LogP contribution in [-0.4, -0.2) is 55.9 Å². The molecular weight excluding hydrogens is 434 g/mol. The molecule has 1 N–H and O–H groups in total. The van der Waals surface area contributed by atoms with Crippen LogP contribution in [0.3, 0.4) is 0 Å². The van der Waals surface area contributed by atoms with Gasteiger partial charge in [-0.15, -0.1) is 0 Å². The lowest BCUT2D eigenvalue weighted by Gasteiger charge is -2.17. The highest BCUT2D eigenvalue weighted by Crippen LogP contribution is 2.34. The summed E-state index contributed by atoms with van der Waals surface area (Å²) in [6, 6.07) is 13.3. The average Bonchev–Trinajstić information content (AvgIpc) is 3.49. The second-order valence-electron chi connectivity index (χ2n) is 8.69. The smallest absolute Gasteiger partial charge is 0.345 e. The molecule has 0 bridgehead atoms. The lowest BCUT2D eigenvalue weighted by atomic mass is 10.1. The maximum absolute atomic E-state index is 13.7. The number of ether oxygens (including phenoxy) is 1. The van der Waals surface area contributed by atoms with Gasteiger partial charge in [-0.05, 0) is 54.5 Å². The van der Waals surface area contributed by atoms with E-state index in [2.05, 4.69) is 14.6 Å². The van der Waals surface area contributed by atoms with Gasteiger partial charge in [0.1, 0.15) is 0 Å². The van der Waals surface area contributed by atoms with Gasteiger partial charge in [-0.3, -0.25) is 0 Å². The maximum atomic E-state index is 13.7. The van der Waals surface area contributed by atoms with Crippen molar-refractivity contribution in [3.63, 3.8) is 0 Å². The first-order valence-electron chi connectivity index (χ1n) is 11.0. The van der Waals surface area contributed by atoms with Crippen molar-refractivity contribution < 1.29 is 21.9 Å². The Hall–Kier alpha value is -2.29. The monoisotopic (exact) mass is 460 g/mol. The zero-order valence-electron chi connectivity index (χ0n) is 17.6. The normalized spacial score (nSPS) is 19.9. The molecule has 0 radical (unpaired) electrons. The minimum atomic E-state index is -3.52. The quantitative estimate of drug-likeness (QED) is 0.580. The first kappa shape index (κ1) is 21.6. The molecule has 1 aliphatic carbocycles. The minimum Gasteiger partial charge on any atom is -0.361 e. The molecule has 3 aromatic rings. The largest absolute Gasteiger partial charge is 0.361 e. The molecule has 1 fully saturated rings. The Balaban J connectivity index is 1.37. The molecule has 0 spiro atoms. The molecule has 2 heterocycles. The van der Waals surface area contributed by atoms with Crippen LogP contribution in [0.15, 0.2) is 53.6 Å². The third-order valence-electron chi connectivity index (χ3n) is 6.73. The third kappa shape index (κ3) is 4.07. The number of alkyl halides is 2. The first-order chi connectivity index (χ1) is 15.4. The number of likely N-dealkylation sites (tertiary alicyclic amines) is 1. The van der Waals surface area contributed by atoms with E-state index in [0.29, 0.717) is 50.2 Å². The van der Waals surface area contributed by atoms with Gasteiger partial charge in [-0.1, -0.05) is 30.3 Å². The van der Waals surface area contributed by atoms with Gasteiger partial charge in [0.15, 0.2) is 9.84 Å². The highest BCUT2D eigenvalue weighted by Gasteiger charge is 2.35. The Kier molecular flexibility index (Phi) is 5.77. The number of sulfone groups is 1. The van der Waals surface area contributed by atoms with Crippen molar-refractivity contribution in [3.8, 4) is 0 Å². The summed E-state index contributed by atoms with van der Waals surface area (Å²) >= 11 is 0. The van der Waals surface area contributed by atoms with Crippen molar-refractivity contribution in [2.24, 2.45) is 0 Å². The second-order valence-corrected chi connectivity index (χ2v) is 10.9. The molecule has 2 aliphatic rings. The Morgan fingerprint density at radius 3 is 2.56 bits per heavy atom. The summed E-state index contributed by atoms with van der Waals surface area (Å²) in [4.78, 5) is 5.68. The van der Waals surface area contributed by atoms with Crippen LogP contribution in [-0.2, 0) is 33.8 Å². The number of nitrogens with one attached hydrogen (secondary N) is 1. The predicted octanol–water partition coefficient (Wildman–Crippen LogP) is 3.97. The molecule has 1 atom stereocenters. The van der Waals surface area contributed by atoms with E-state index in [1.807, 2.05) is 36.5 Å². The van der Waals surface area contributed by atoms with Gasteiger partial charge < -0.3 is 14.6 Å². The van der Waals surface area contributed by atoms with E-state index in [0.717, 1.165) is 27.6 Å². The van der Waals surface area contributed by atoms with E-state index in [9.17, 15) is 17.2 Å². The fourth-order valence-electron chi connectivity index (χ4n) is 5.11. The van der Waals surface area contributed by atoms with Gasteiger partial charge in [0.25, 0.3) is 0 Å². The fraction of sp³-hybridized carbons (Fsp3) is 0.417.